The van der Waals surface area contributed by atoms with E-state index >= 15 is 0 Å². The largest absolute Gasteiger partial charge is 0.281 e. The molecule has 2 aromatic heterocycles. The fourth-order valence-electron chi connectivity index (χ4n) is 1.95. The molecule has 0 aromatic carbocycles. The molecule has 0 saturated carbocycles. The Hall–Kier alpha value is -1.38. The number of hydrogen-bond acceptors (Lipinski definition) is 2. The number of H-pyrrole nitrogens is 1. The molecule has 3 heteroatoms. The molecule has 0 bridgehead atoms. The second-order valence-electron chi connectivity index (χ2n) is 4.24. The van der Waals surface area contributed by atoms with Crippen molar-refractivity contribution in [2.24, 2.45) is 0 Å². The number of aromatic amines is 1. The van der Waals surface area contributed by atoms with E-state index in [2.05, 4.69) is 42.9 Å². The van der Waals surface area contributed by atoms with E-state index in [-0.39, 0.29) is 0 Å². The summed E-state index contributed by atoms with van der Waals surface area (Å²) in [6.07, 6.45) is 2.91. The lowest BCUT2D eigenvalue weighted by molar-refractivity contribution is 0.817. The van der Waals surface area contributed by atoms with Gasteiger partial charge < -0.3 is 0 Å². The summed E-state index contributed by atoms with van der Waals surface area (Å²) in [5, 5.41) is 8.66. The van der Waals surface area contributed by atoms with Crippen molar-refractivity contribution in [3.8, 4) is 0 Å². The van der Waals surface area contributed by atoms with Crippen molar-refractivity contribution in [1.29, 1.82) is 0 Å². The van der Waals surface area contributed by atoms with Gasteiger partial charge in [0.15, 0.2) is 0 Å². The lowest BCUT2D eigenvalue weighted by atomic mass is 10.0. The van der Waals surface area contributed by atoms with Crippen LogP contribution in [-0.2, 0) is 6.42 Å². The van der Waals surface area contributed by atoms with Gasteiger partial charge in [0, 0.05) is 23.0 Å². The maximum atomic E-state index is 4.48. The SMILES string of the molecule is CCc1ncc2c(C(C)C)[nH]nc2c1C. The van der Waals surface area contributed by atoms with E-state index < -0.39 is 0 Å². The van der Waals surface area contributed by atoms with Gasteiger partial charge >= 0.3 is 0 Å². The molecule has 15 heavy (non-hydrogen) atoms. The lowest BCUT2D eigenvalue weighted by Crippen LogP contribution is -1.93. The van der Waals surface area contributed by atoms with Crippen molar-refractivity contribution >= 4 is 10.9 Å². The first-order chi connectivity index (χ1) is 7.15. The second kappa shape index (κ2) is 3.65. The lowest BCUT2D eigenvalue weighted by Gasteiger charge is -2.04. The van der Waals surface area contributed by atoms with Gasteiger partial charge in [-0.2, -0.15) is 5.10 Å². The van der Waals surface area contributed by atoms with Crippen molar-refractivity contribution in [1.82, 2.24) is 15.2 Å². The maximum absolute atomic E-state index is 4.48. The monoisotopic (exact) mass is 203 g/mol. The van der Waals surface area contributed by atoms with Crippen LogP contribution in [0.15, 0.2) is 6.20 Å². The normalized spacial score (nSPS) is 11.5. The average molecular weight is 203 g/mol. The van der Waals surface area contributed by atoms with Gasteiger partial charge in [-0.3, -0.25) is 10.1 Å². The number of nitrogens with zero attached hydrogens (tertiary/aromatic N) is 2. The van der Waals surface area contributed by atoms with Crippen LogP contribution in [0, 0.1) is 6.92 Å². The van der Waals surface area contributed by atoms with Crippen LogP contribution in [0.2, 0.25) is 0 Å². The average Bonchev–Trinajstić information content (AvgIpc) is 2.62. The van der Waals surface area contributed by atoms with E-state index in [1.807, 2.05) is 6.20 Å². The van der Waals surface area contributed by atoms with E-state index in [4.69, 9.17) is 0 Å². The van der Waals surface area contributed by atoms with Gasteiger partial charge in [0.05, 0.1) is 5.52 Å². The summed E-state index contributed by atoms with van der Waals surface area (Å²) >= 11 is 0. The van der Waals surface area contributed by atoms with Gasteiger partial charge in [-0.25, -0.2) is 0 Å². The van der Waals surface area contributed by atoms with Gasteiger partial charge in [-0.15, -0.1) is 0 Å². The number of pyridine rings is 1. The molecule has 0 aliphatic heterocycles. The standard InChI is InChI=1S/C12H17N3/c1-5-10-8(4)12-9(6-13-10)11(7(2)3)14-15-12/h6-7H,5H2,1-4H3,(H,14,15). The quantitative estimate of drug-likeness (QED) is 0.815. The highest BCUT2D eigenvalue weighted by Gasteiger charge is 2.12. The zero-order valence-electron chi connectivity index (χ0n) is 9.76. The fraction of sp³-hybridized carbons (Fsp3) is 0.500. The Morgan fingerprint density at radius 3 is 2.73 bits per heavy atom. The molecule has 0 aliphatic rings. The second-order valence-corrected chi connectivity index (χ2v) is 4.24. The van der Waals surface area contributed by atoms with E-state index in [1.165, 1.54) is 16.6 Å². The van der Waals surface area contributed by atoms with Crippen molar-refractivity contribution in [2.75, 3.05) is 0 Å². The molecule has 0 spiro atoms. The van der Waals surface area contributed by atoms with Crippen LogP contribution in [0.1, 0.15) is 43.6 Å². The minimum atomic E-state index is 0.462. The Bertz CT molecular complexity index is 483. The number of aryl methyl sites for hydroxylation is 2. The van der Waals surface area contributed by atoms with Crippen molar-refractivity contribution < 1.29 is 0 Å². The Morgan fingerprint density at radius 2 is 2.13 bits per heavy atom. The first kappa shape index (κ1) is 10.1. The van der Waals surface area contributed by atoms with Gasteiger partial charge in [-0.1, -0.05) is 20.8 Å². The molecule has 3 nitrogen and oxygen atoms in total. The summed E-state index contributed by atoms with van der Waals surface area (Å²) in [7, 11) is 0. The third kappa shape index (κ3) is 1.52. The molecule has 0 aliphatic carbocycles. The maximum Gasteiger partial charge on any atom is 0.0986 e. The summed E-state index contributed by atoms with van der Waals surface area (Å²) in [5.74, 6) is 0.462. The fourth-order valence-corrected chi connectivity index (χ4v) is 1.95. The van der Waals surface area contributed by atoms with Gasteiger partial charge in [0.2, 0.25) is 0 Å². The molecule has 0 saturated heterocycles. The third-order valence-corrected chi connectivity index (χ3v) is 2.88. The van der Waals surface area contributed by atoms with E-state index in [0.717, 1.165) is 17.6 Å². The van der Waals surface area contributed by atoms with Crippen LogP contribution in [0.4, 0.5) is 0 Å². The van der Waals surface area contributed by atoms with Crippen LogP contribution in [0.5, 0.6) is 0 Å². The first-order valence-corrected chi connectivity index (χ1v) is 5.47. The number of hydrogen-bond donors (Lipinski definition) is 1. The van der Waals surface area contributed by atoms with E-state index in [1.54, 1.807) is 0 Å². The molecule has 1 N–H and O–H groups in total. The number of rotatable bonds is 2. The summed E-state index contributed by atoms with van der Waals surface area (Å²) in [5.41, 5.74) is 4.61. The van der Waals surface area contributed by atoms with Crippen LogP contribution in [0.3, 0.4) is 0 Å². The highest BCUT2D eigenvalue weighted by atomic mass is 15.1. The molecule has 2 heterocycles. The molecular formula is C12H17N3. The Balaban J connectivity index is 2.70. The molecule has 0 radical (unpaired) electrons. The van der Waals surface area contributed by atoms with Crippen LogP contribution < -0.4 is 0 Å². The molecule has 2 aromatic rings. The molecular weight excluding hydrogens is 186 g/mol. The Kier molecular flexibility index (Phi) is 2.47. The predicted molar refractivity (Wildman–Crippen MR) is 62.1 cm³/mol. The molecule has 0 atom stereocenters. The number of fused-ring (bicyclic) bond motifs is 1. The highest BCUT2D eigenvalue weighted by molar-refractivity contribution is 5.84. The molecule has 0 unspecified atom stereocenters. The Morgan fingerprint density at radius 1 is 1.40 bits per heavy atom. The zero-order valence-corrected chi connectivity index (χ0v) is 9.76. The summed E-state index contributed by atoms with van der Waals surface area (Å²) < 4.78 is 0. The summed E-state index contributed by atoms with van der Waals surface area (Å²) in [6, 6.07) is 0. The first-order valence-electron chi connectivity index (χ1n) is 5.47. The van der Waals surface area contributed by atoms with Gasteiger partial charge in [0.25, 0.3) is 0 Å². The molecule has 2 rings (SSSR count). The molecule has 0 fully saturated rings. The zero-order chi connectivity index (χ0) is 11.0. The summed E-state index contributed by atoms with van der Waals surface area (Å²) in [4.78, 5) is 4.48. The smallest absolute Gasteiger partial charge is 0.0986 e. The predicted octanol–water partition coefficient (Wildman–Crippen LogP) is 2.95. The van der Waals surface area contributed by atoms with Crippen molar-refractivity contribution in [3.05, 3.63) is 23.1 Å². The summed E-state index contributed by atoms with van der Waals surface area (Å²) in [6.45, 7) is 8.54. The van der Waals surface area contributed by atoms with Gasteiger partial charge in [-0.05, 0) is 24.8 Å². The van der Waals surface area contributed by atoms with Crippen molar-refractivity contribution in [3.63, 3.8) is 0 Å². The number of aromatic nitrogens is 3. The van der Waals surface area contributed by atoms with Crippen molar-refractivity contribution in [2.45, 2.75) is 40.0 Å². The minimum absolute atomic E-state index is 0.462. The third-order valence-electron chi connectivity index (χ3n) is 2.88. The Labute approximate surface area is 89.9 Å². The molecule has 0 amide bonds. The molecule has 80 valence electrons. The highest BCUT2D eigenvalue weighted by Crippen LogP contribution is 2.25. The topological polar surface area (TPSA) is 41.6 Å². The van der Waals surface area contributed by atoms with Crippen LogP contribution in [0.25, 0.3) is 10.9 Å². The minimum Gasteiger partial charge on any atom is -0.281 e. The number of nitrogens with one attached hydrogen (secondary N) is 1. The van der Waals surface area contributed by atoms with E-state index in [0.29, 0.717) is 5.92 Å². The van der Waals surface area contributed by atoms with Crippen LogP contribution >= 0.6 is 0 Å². The van der Waals surface area contributed by atoms with E-state index in [9.17, 15) is 0 Å². The van der Waals surface area contributed by atoms with Gasteiger partial charge in [0.1, 0.15) is 0 Å². The van der Waals surface area contributed by atoms with Crippen LogP contribution in [-0.4, -0.2) is 15.2 Å².